The van der Waals surface area contributed by atoms with Gasteiger partial charge in [-0.2, -0.15) is 0 Å². The molecule has 2 rings (SSSR count). The molecule has 0 aliphatic heterocycles. The first-order valence-corrected chi connectivity index (χ1v) is 5.94. The number of nitrogens with two attached hydrogens (primary N) is 1. The second-order valence-electron chi connectivity index (χ2n) is 3.78. The van der Waals surface area contributed by atoms with Gasteiger partial charge in [0.25, 0.3) is 0 Å². The van der Waals surface area contributed by atoms with Crippen LogP contribution >= 0.6 is 11.8 Å². The highest BCUT2D eigenvalue weighted by Gasteiger charge is 2.06. The number of phenolic OH excluding ortho intramolecular Hbond substituents is 2. The van der Waals surface area contributed by atoms with E-state index < -0.39 is 0 Å². The van der Waals surface area contributed by atoms with E-state index in [4.69, 9.17) is 5.73 Å². The van der Waals surface area contributed by atoms with Gasteiger partial charge in [0.15, 0.2) is 0 Å². The van der Waals surface area contributed by atoms with Crippen LogP contribution in [-0.2, 0) is 0 Å². The molecule has 0 aliphatic carbocycles. The summed E-state index contributed by atoms with van der Waals surface area (Å²) in [6.07, 6.45) is 0. The normalized spacial score (nSPS) is 10.4. The van der Waals surface area contributed by atoms with E-state index in [2.05, 4.69) is 0 Å². The zero-order chi connectivity index (χ0) is 12.4. The number of aromatic hydroxyl groups is 2. The van der Waals surface area contributed by atoms with E-state index >= 15 is 0 Å². The third-order valence-corrected chi connectivity index (χ3v) is 3.44. The molecule has 17 heavy (non-hydrogen) atoms. The van der Waals surface area contributed by atoms with E-state index in [0.29, 0.717) is 5.69 Å². The molecule has 0 radical (unpaired) electrons. The van der Waals surface area contributed by atoms with Gasteiger partial charge in [0, 0.05) is 15.5 Å². The lowest BCUT2D eigenvalue weighted by molar-refractivity contribution is 0.470. The summed E-state index contributed by atoms with van der Waals surface area (Å²) in [5.74, 6) is 0.437. The van der Waals surface area contributed by atoms with Crippen LogP contribution in [0.5, 0.6) is 11.5 Å². The number of hydrogen-bond acceptors (Lipinski definition) is 4. The Labute approximate surface area is 104 Å². The fourth-order valence-corrected chi connectivity index (χ4v) is 2.39. The number of phenols is 2. The summed E-state index contributed by atoms with van der Waals surface area (Å²) in [6.45, 7) is 1.80. The van der Waals surface area contributed by atoms with Crippen LogP contribution in [0.15, 0.2) is 46.2 Å². The Morgan fingerprint density at radius 3 is 2.59 bits per heavy atom. The maximum Gasteiger partial charge on any atom is 0.119 e. The van der Waals surface area contributed by atoms with Crippen molar-refractivity contribution in [3.8, 4) is 11.5 Å². The third-order valence-electron chi connectivity index (χ3n) is 2.37. The second-order valence-corrected chi connectivity index (χ2v) is 4.89. The van der Waals surface area contributed by atoms with Gasteiger partial charge in [-0.1, -0.05) is 17.8 Å². The molecule has 0 saturated heterocycles. The Hall–Kier alpha value is -1.81. The molecule has 0 aliphatic rings. The van der Waals surface area contributed by atoms with Gasteiger partial charge in [-0.15, -0.1) is 0 Å². The Morgan fingerprint density at radius 1 is 1.12 bits per heavy atom. The van der Waals surface area contributed by atoms with E-state index in [0.717, 1.165) is 15.4 Å². The summed E-state index contributed by atoms with van der Waals surface area (Å²) in [7, 11) is 0. The number of aryl methyl sites for hydroxylation is 1. The zero-order valence-corrected chi connectivity index (χ0v) is 10.2. The van der Waals surface area contributed by atoms with E-state index in [1.165, 1.54) is 11.8 Å². The Bertz CT molecular complexity index is 555. The molecule has 88 valence electrons. The highest BCUT2D eigenvalue weighted by Crippen LogP contribution is 2.36. The number of hydrogen-bond donors (Lipinski definition) is 3. The second kappa shape index (κ2) is 4.59. The van der Waals surface area contributed by atoms with E-state index in [-0.39, 0.29) is 11.5 Å². The first kappa shape index (κ1) is 11.7. The zero-order valence-electron chi connectivity index (χ0n) is 9.34. The maximum atomic E-state index is 9.64. The van der Waals surface area contributed by atoms with Crippen molar-refractivity contribution in [1.82, 2.24) is 0 Å². The molecule has 0 saturated carbocycles. The molecule has 0 aromatic heterocycles. The summed E-state index contributed by atoms with van der Waals surface area (Å²) in [6, 6.07) is 10.3. The summed E-state index contributed by atoms with van der Waals surface area (Å²) in [5, 5.41) is 19.0. The van der Waals surface area contributed by atoms with E-state index in [9.17, 15) is 10.2 Å². The SMILES string of the molecule is Cc1cc(N)c(Sc2cccc(O)c2)cc1O. The van der Waals surface area contributed by atoms with Crippen LogP contribution < -0.4 is 5.73 Å². The minimum atomic E-state index is 0.213. The minimum absolute atomic E-state index is 0.213. The van der Waals surface area contributed by atoms with Gasteiger partial charge in [-0.25, -0.2) is 0 Å². The highest BCUT2D eigenvalue weighted by molar-refractivity contribution is 7.99. The van der Waals surface area contributed by atoms with Crippen LogP contribution in [0.4, 0.5) is 5.69 Å². The molecule has 3 nitrogen and oxygen atoms in total. The van der Waals surface area contributed by atoms with Crippen LogP contribution in [0, 0.1) is 6.92 Å². The largest absolute Gasteiger partial charge is 0.508 e. The molecule has 2 aromatic carbocycles. The Balaban J connectivity index is 2.33. The van der Waals surface area contributed by atoms with Crippen LogP contribution in [0.3, 0.4) is 0 Å². The first-order valence-electron chi connectivity index (χ1n) is 5.12. The predicted molar refractivity (Wildman–Crippen MR) is 69.5 cm³/mol. The van der Waals surface area contributed by atoms with Gasteiger partial charge in [0.05, 0.1) is 0 Å². The smallest absolute Gasteiger partial charge is 0.119 e. The summed E-state index contributed by atoms with van der Waals surface area (Å²) >= 11 is 1.41. The van der Waals surface area contributed by atoms with Crippen LogP contribution in [-0.4, -0.2) is 10.2 Å². The predicted octanol–water partition coefficient (Wildman–Crippen LogP) is 3.14. The van der Waals surface area contributed by atoms with Crippen molar-refractivity contribution in [2.24, 2.45) is 0 Å². The molecule has 4 heteroatoms. The molecular weight excluding hydrogens is 234 g/mol. The fourth-order valence-electron chi connectivity index (χ4n) is 1.46. The quantitative estimate of drug-likeness (QED) is 0.563. The molecule has 0 fully saturated rings. The molecule has 2 aromatic rings. The number of nitrogen functional groups attached to an aromatic ring is 1. The monoisotopic (exact) mass is 247 g/mol. The van der Waals surface area contributed by atoms with Gasteiger partial charge < -0.3 is 15.9 Å². The lowest BCUT2D eigenvalue weighted by Crippen LogP contribution is -1.90. The number of rotatable bonds is 2. The van der Waals surface area contributed by atoms with Crippen LogP contribution in [0.1, 0.15) is 5.56 Å². The standard InChI is InChI=1S/C13H13NO2S/c1-8-5-11(14)13(7-12(8)16)17-10-4-2-3-9(15)6-10/h2-7,15-16H,14H2,1H3. The topological polar surface area (TPSA) is 66.5 Å². The lowest BCUT2D eigenvalue weighted by Gasteiger charge is -2.08. The lowest BCUT2D eigenvalue weighted by atomic mass is 10.2. The van der Waals surface area contributed by atoms with Gasteiger partial charge in [0.2, 0.25) is 0 Å². The molecule has 0 atom stereocenters. The van der Waals surface area contributed by atoms with Gasteiger partial charge in [0.1, 0.15) is 11.5 Å². The molecule has 0 amide bonds. The molecule has 0 unspecified atom stereocenters. The van der Waals surface area contributed by atoms with E-state index in [1.54, 1.807) is 37.3 Å². The van der Waals surface area contributed by atoms with Crippen molar-refractivity contribution in [3.05, 3.63) is 42.0 Å². The highest BCUT2D eigenvalue weighted by atomic mass is 32.2. The maximum absolute atomic E-state index is 9.64. The van der Waals surface area contributed by atoms with Crippen LogP contribution in [0.2, 0.25) is 0 Å². The van der Waals surface area contributed by atoms with Crippen molar-refractivity contribution >= 4 is 17.4 Å². The van der Waals surface area contributed by atoms with Gasteiger partial charge in [-0.05, 0) is 42.8 Å². The first-order chi connectivity index (χ1) is 8.06. The van der Waals surface area contributed by atoms with Crippen molar-refractivity contribution in [3.63, 3.8) is 0 Å². The van der Waals surface area contributed by atoms with Gasteiger partial charge in [-0.3, -0.25) is 0 Å². The Morgan fingerprint density at radius 2 is 1.88 bits per heavy atom. The van der Waals surface area contributed by atoms with Gasteiger partial charge >= 0.3 is 0 Å². The molecule has 0 bridgehead atoms. The summed E-state index contributed by atoms with van der Waals surface area (Å²) < 4.78 is 0. The minimum Gasteiger partial charge on any atom is -0.508 e. The number of benzene rings is 2. The van der Waals surface area contributed by atoms with Crippen LogP contribution in [0.25, 0.3) is 0 Å². The molecule has 0 heterocycles. The van der Waals surface area contributed by atoms with E-state index in [1.807, 2.05) is 6.07 Å². The van der Waals surface area contributed by atoms with Crippen molar-refractivity contribution in [1.29, 1.82) is 0 Å². The van der Waals surface area contributed by atoms with Crippen molar-refractivity contribution in [2.75, 3.05) is 5.73 Å². The number of anilines is 1. The summed E-state index contributed by atoms with van der Waals surface area (Å²) in [5.41, 5.74) is 7.25. The Kier molecular flexibility index (Phi) is 3.15. The fraction of sp³-hybridized carbons (Fsp3) is 0.0769. The molecule has 4 N–H and O–H groups in total. The van der Waals surface area contributed by atoms with Crippen molar-refractivity contribution in [2.45, 2.75) is 16.7 Å². The average Bonchev–Trinajstić information content (AvgIpc) is 2.26. The average molecular weight is 247 g/mol. The summed E-state index contributed by atoms with van der Waals surface area (Å²) in [4.78, 5) is 1.65. The molecular formula is C13H13NO2S. The third kappa shape index (κ3) is 2.65. The molecule has 0 spiro atoms. The van der Waals surface area contributed by atoms with Crippen molar-refractivity contribution < 1.29 is 10.2 Å².